The van der Waals surface area contributed by atoms with Crippen LogP contribution in [-0.2, 0) is 0 Å². The molecule has 0 amide bonds. The molecule has 6 rings (SSSR count). The lowest BCUT2D eigenvalue weighted by atomic mass is 9.89. The van der Waals surface area contributed by atoms with Gasteiger partial charge in [-0.25, -0.2) is 0 Å². The molecule has 48 heavy (non-hydrogen) atoms. The Balaban J connectivity index is 1.46. The highest BCUT2D eigenvalue weighted by molar-refractivity contribution is 5.90. The van der Waals surface area contributed by atoms with Crippen molar-refractivity contribution in [2.75, 3.05) is 9.80 Å². The van der Waals surface area contributed by atoms with E-state index in [-0.39, 0.29) is 5.92 Å². The molecule has 1 unspecified atom stereocenters. The minimum Gasteiger partial charge on any atom is -0.314 e. The van der Waals surface area contributed by atoms with Gasteiger partial charge in [0.2, 0.25) is 0 Å². The molecular formula is C46H42N2. The van der Waals surface area contributed by atoms with Gasteiger partial charge in [-0.15, -0.1) is 0 Å². The second-order valence-electron chi connectivity index (χ2n) is 12.0. The van der Waals surface area contributed by atoms with Crippen LogP contribution in [-0.4, -0.2) is 0 Å². The Morgan fingerprint density at radius 3 is 2.15 bits per heavy atom. The first kappa shape index (κ1) is 32.1. The highest BCUT2D eigenvalue weighted by atomic mass is 15.2. The van der Waals surface area contributed by atoms with E-state index in [4.69, 9.17) is 0 Å². The van der Waals surface area contributed by atoms with Crippen LogP contribution < -0.4 is 9.80 Å². The Morgan fingerprint density at radius 1 is 0.750 bits per heavy atom. The van der Waals surface area contributed by atoms with Gasteiger partial charge >= 0.3 is 0 Å². The van der Waals surface area contributed by atoms with Gasteiger partial charge in [0.05, 0.1) is 11.4 Å². The molecule has 0 fully saturated rings. The van der Waals surface area contributed by atoms with Crippen molar-refractivity contribution in [1.82, 2.24) is 0 Å². The fourth-order valence-corrected chi connectivity index (χ4v) is 6.60. The van der Waals surface area contributed by atoms with E-state index < -0.39 is 0 Å². The van der Waals surface area contributed by atoms with E-state index in [9.17, 15) is 0 Å². The molecule has 1 aliphatic rings. The van der Waals surface area contributed by atoms with Crippen LogP contribution >= 0.6 is 0 Å². The summed E-state index contributed by atoms with van der Waals surface area (Å²) in [5, 5.41) is 2.49. The van der Waals surface area contributed by atoms with E-state index in [0.717, 1.165) is 45.3 Å². The van der Waals surface area contributed by atoms with Crippen molar-refractivity contribution in [1.29, 1.82) is 0 Å². The molecule has 1 aliphatic heterocycles. The summed E-state index contributed by atoms with van der Waals surface area (Å²) in [6.45, 7) is 15.3. The van der Waals surface area contributed by atoms with Crippen molar-refractivity contribution in [2.24, 2.45) is 0 Å². The molecule has 1 heterocycles. The number of nitrogens with zero attached hydrogens (tertiary/aromatic N) is 2. The van der Waals surface area contributed by atoms with Crippen LogP contribution in [0.3, 0.4) is 0 Å². The monoisotopic (exact) mass is 622 g/mol. The van der Waals surface area contributed by atoms with E-state index in [2.05, 4.69) is 202 Å². The third-order valence-electron chi connectivity index (χ3n) is 8.80. The van der Waals surface area contributed by atoms with Gasteiger partial charge in [-0.2, -0.15) is 0 Å². The molecule has 2 heteroatoms. The number of para-hydroxylation sites is 2. The predicted octanol–water partition coefficient (Wildman–Crippen LogP) is 12.3. The Kier molecular flexibility index (Phi) is 9.83. The van der Waals surface area contributed by atoms with Crippen LogP contribution in [0, 0.1) is 0 Å². The second kappa shape index (κ2) is 14.7. The van der Waals surface area contributed by atoms with Crippen molar-refractivity contribution >= 4 is 27.7 Å². The normalized spacial score (nSPS) is 17.5. The maximum absolute atomic E-state index is 4.62. The molecule has 0 saturated carbocycles. The van der Waals surface area contributed by atoms with Crippen LogP contribution in [0.5, 0.6) is 0 Å². The van der Waals surface area contributed by atoms with Crippen molar-refractivity contribution < 1.29 is 0 Å². The molecule has 2 nitrogen and oxygen atoms in total. The number of fused-ring (bicyclic) bond motifs is 2. The van der Waals surface area contributed by atoms with Gasteiger partial charge in [-0.3, -0.25) is 0 Å². The summed E-state index contributed by atoms with van der Waals surface area (Å²) in [5.74, 6) is 0.103. The van der Waals surface area contributed by atoms with Crippen molar-refractivity contribution in [3.05, 3.63) is 223 Å². The average molecular weight is 623 g/mol. The fourth-order valence-electron chi connectivity index (χ4n) is 6.60. The summed E-state index contributed by atoms with van der Waals surface area (Å²) in [7, 11) is 0. The first-order valence-electron chi connectivity index (χ1n) is 16.5. The molecule has 0 N–H and O–H groups in total. The Bertz CT molecular complexity index is 2090. The van der Waals surface area contributed by atoms with Crippen LogP contribution in [0.2, 0.25) is 0 Å². The Labute approximate surface area is 286 Å². The zero-order valence-corrected chi connectivity index (χ0v) is 28.1. The SMILES string of the molecule is C=C/C1=C(\C=C/C)N(c2ccccc2)/C(C)=C/C(=C)N(/C(C)=C/C=C/C(c2ccccc2)c2ccc3ccccc3c2)c2ccccc21. The molecule has 0 aromatic heterocycles. The van der Waals surface area contributed by atoms with Gasteiger partial charge in [0.25, 0.3) is 0 Å². The molecule has 0 bridgehead atoms. The number of benzene rings is 5. The van der Waals surface area contributed by atoms with Crippen molar-refractivity contribution in [3.8, 4) is 0 Å². The second-order valence-corrected chi connectivity index (χ2v) is 12.0. The van der Waals surface area contributed by atoms with Crippen molar-refractivity contribution in [3.63, 3.8) is 0 Å². The predicted molar refractivity (Wildman–Crippen MR) is 208 cm³/mol. The molecule has 1 atom stereocenters. The minimum absolute atomic E-state index is 0.103. The van der Waals surface area contributed by atoms with E-state index in [0.29, 0.717) is 0 Å². The lowest BCUT2D eigenvalue weighted by molar-refractivity contribution is 1.03. The van der Waals surface area contributed by atoms with Crippen LogP contribution in [0.4, 0.5) is 11.4 Å². The zero-order valence-electron chi connectivity index (χ0n) is 28.1. The van der Waals surface area contributed by atoms with Gasteiger partial charge in [-0.1, -0.05) is 147 Å². The van der Waals surface area contributed by atoms with Crippen LogP contribution in [0.25, 0.3) is 16.3 Å². The summed E-state index contributed by atoms with van der Waals surface area (Å²) in [6.07, 6.45) is 15.1. The van der Waals surface area contributed by atoms with E-state index in [1.54, 1.807) is 0 Å². The largest absolute Gasteiger partial charge is 0.314 e. The highest BCUT2D eigenvalue weighted by Crippen LogP contribution is 2.40. The summed E-state index contributed by atoms with van der Waals surface area (Å²) in [6, 6.07) is 45.0. The summed E-state index contributed by atoms with van der Waals surface area (Å²) in [4.78, 5) is 4.54. The number of allylic oxidation sites excluding steroid dienone is 10. The Morgan fingerprint density at radius 2 is 1.42 bits per heavy atom. The molecule has 5 aromatic rings. The number of hydrogen-bond donors (Lipinski definition) is 0. The maximum Gasteiger partial charge on any atom is 0.0537 e. The summed E-state index contributed by atoms with van der Waals surface area (Å²) >= 11 is 0. The molecule has 0 spiro atoms. The lowest BCUT2D eigenvalue weighted by Gasteiger charge is -2.28. The van der Waals surface area contributed by atoms with Gasteiger partial charge in [0, 0.05) is 39.8 Å². The van der Waals surface area contributed by atoms with Gasteiger partial charge in [-0.05, 0) is 79.1 Å². The molecular weight excluding hydrogens is 581 g/mol. The smallest absolute Gasteiger partial charge is 0.0537 e. The van der Waals surface area contributed by atoms with E-state index in [1.807, 2.05) is 12.1 Å². The van der Waals surface area contributed by atoms with Crippen molar-refractivity contribution in [2.45, 2.75) is 26.7 Å². The summed E-state index contributed by atoms with van der Waals surface area (Å²) in [5.41, 5.74) is 10.8. The molecule has 0 aliphatic carbocycles. The standard InChI is InChI=1S/C46H42N2/c1-6-19-45-42(7-2)44-27-16-17-29-46(44)47(35(4)32-36(5)48(45)41-25-12-9-13-26-41)34(3)20-18-28-43(38-22-10-8-11-23-38)40-31-30-37-21-14-15-24-39(37)33-40/h6-33,43H,2,4H2,1,3,5H3/b19-6-,28-18+,34-20+,36-32+,45-42-. The van der Waals surface area contributed by atoms with Crippen LogP contribution in [0.15, 0.2) is 206 Å². The van der Waals surface area contributed by atoms with Gasteiger partial charge in [0.1, 0.15) is 0 Å². The van der Waals surface area contributed by atoms with E-state index in [1.165, 1.54) is 21.9 Å². The molecule has 236 valence electrons. The number of anilines is 2. The maximum atomic E-state index is 4.62. The third kappa shape index (κ3) is 6.65. The molecule has 5 aromatic carbocycles. The number of rotatable bonds is 8. The first-order valence-corrected chi connectivity index (χ1v) is 16.5. The highest BCUT2D eigenvalue weighted by Gasteiger charge is 2.24. The third-order valence-corrected chi connectivity index (χ3v) is 8.80. The average Bonchev–Trinajstić information content (AvgIpc) is 3.15. The van der Waals surface area contributed by atoms with Gasteiger partial charge < -0.3 is 9.80 Å². The topological polar surface area (TPSA) is 6.48 Å². The summed E-state index contributed by atoms with van der Waals surface area (Å²) < 4.78 is 0. The quantitative estimate of drug-likeness (QED) is 0.159. The van der Waals surface area contributed by atoms with E-state index >= 15 is 0 Å². The Hall–Kier alpha value is -5.86. The first-order chi connectivity index (χ1) is 23.5. The lowest BCUT2D eigenvalue weighted by Crippen LogP contribution is -2.21. The van der Waals surface area contributed by atoms with Gasteiger partial charge in [0.15, 0.2) is 0 Å². The molecule has 0 radical (unpaired) electrons. The van der Waals surface area contributed by atoms with Crippen LogP contribution in [0.1, 0.15) is 43.4 Å². The fraction of sp³-hybridized carbons (Fsp3) is 0.0870. The minimum atomic E-state index is 0.103. The number of hydrogen-bond acceptors (Lipinski definition) is 2. The molecule has 0 saturated heterocycles. The zero-order chi connectivity index (χ0) is 33.5.